The van der Waals surface area contributed by atoms with Gasteiger partial charge in [0.15, 0.2) is 0 Å². The van der Waals surface area contributed by atoms with Crippen molar-refractivity contribution in [3.05, 3.63) is 53.9 Å². The summed E-state index contributed by atoms with van der Waals surface area (Å²) in [5, 5.41) is 0. The van der Waals surface area contributed by atoms with E-state index in [1.807, 2.05) is 11.0 Å². The molecule has 0 N–H and O–H groups in total. The zero-order valence-corrected chi connectivity index (χ0v) is 15.6. The topological polar surface area (TPSA) is 37.7 Å². The summed E-state index contributed by atoms with van der Waals surface area (Å²) in [5.41, 5.74) is 3.25. The first kappa shape index (κ1) is 17.3. The first-order valence-corrected chi connectivity index (χ1v) is 9.39. The summed E-state index contributed by atoms with van der Waals surface area (Å²) in [6.07, 6.45) is 3.86. The van der Waals surface area contributed by atoms with Crippen molar-refractivity contribution in [2.75, 3.05) is 38.3 Å². The predicted octanol–water partition coefficient (Wildman–Crippen LogP) is 2.55. The molecule has 2 aromatic rings. The van der Waals surface area contributed by atoms with Crippen LogP contribution in [-0.4, -0.2) is 48.7 Å². The maximum absolute atomic E-state index is 13.4. The van der Waals surface area contributed by atoms with Crippen LogP contribution in [0, 0.1) is 0 Å². The van der Waals surface area contributed by atoms with Crippen LogP contribution in [0.4, 0.5) is 5.69 Å². The molecule has 1 aromatic heterocycles. The summed E-state index contributed by atoms with van der Waals surface area (Å²) in [7, 11) is 3.77. The number of methoxy groups -OCH3 is 1. The number of carbonyl (C=O) groups excluding carboxylic acids is 1. The molecule has 26 heavy (non-hydrogen) atoms. The lowest BCUT2D eigenvalue weighted by atomic mass is 9.73. The van der Waals surface area contributed by atoms with Gasteiger partial charge >= 0.3 is 0 Å². The molecule has 2 aliphatic rings. The fourth-order valence-electron chi connectivity index (χ4n) is 4.47. The summed E-state index contributed by atoms with van der Waals surface area (Å²) in [5.74, 6) is 0.259. The highest BCUT2D eigenvalue weighted by molar-refractivity contribution is 6.08. The third-order valence-electron chi connectivity index (χ3n) is 6.03. The van der Waals surface area contributed by atoms with Gasteiger partial charge in [-0.1, -0.05) is 18.2 Å². The van der Waals surface area contributed by atoms with Gasteiger partial charge in [0.2, 0.25) is 5.91 Å². The molecular weight excluding hydrogens is 326 g/mol. The minimum Gasteiger partial charge on any atom is -0.383 e. The van der Waals surface area contributed by atoms with Crippen LogP contribution in [0.25, 0.3) is 0 Å². The molecule has 1 amide bonds. The number of nitrogens with zero attached hydrogens (tertiary/aromatic N) is 3. The second-order valence-electron chi connectivity index (χ2n) is 7.44. The molecule has 0 radical (unpaired) electrons. The van der Waals surface area contributed by atoms with E-state index in [0.29, 0.717) is 13.2 Å². The minimum absolute atomic E-state index is 0.259. The largest absolute Gasteiger partial charge is 0.383 e. The number of fused-ring (bicyclic) bond motifs is 2. The highest BCUT2D eigenvalue weighted by Crippen LogP contribution is 2.47. The monoisotopic (exact) mass is 353 g/mol. The smallest absolute Gasteiger partial charge is 0.237 e. The highest BCUT2D eigenvalue weighted by Gasteiger charge is 2.51. The highest BCUT2D eigenvalue weighted by atomic mass is 16.5. The number of hydrogen-bond donors (Lipinski definition) is 0. The molecule has 0 saturated carbocycles. The van der Waals surface area contributed by atoms with Gasteiger partial charge < -0.3 is 14.2 Å². The Kier molecular flexibility index (Phi) is 4.59. The molecule has 0 unspecified atom stereocenters. The first-order chi connectivity index (χ1) is 12.7. The van der Waals surface area contributed by atoms with E-state index in [1.165, 1.54) is 11.3 Å². The lowest BCUT2D eigenvalue weighted by Crippen LogP contribution is -2.49. The van der Waals surface area contributed by atoms with Gasteiger partial charge in [0.05, 0.1) is 12.0 Å². The number of anilines is 1. The first-order valence-electron chi connectivity index (χ1n) is 9.39. The Balaban J connectivity index is 1.54. The maximum Gasteiger partial charge on any atom is 0.237 e. The molecule has 1 saturated heterocycles. The number of aromatic nitrogens is 1. The Morgan fingerprint density at radius 2 is 1.88 bits per heavy atom. The van der Waals surface area contributed by atoms with E-state index in [2.05, 4.69) is 53.0 Å². The van der Waals surface area contributed by atoms with Crippen LogP contribution in [0.3, 0.4) is 0 Å². The Bertz CT molecular complexity index is 790. The third-order valence-corrected chi connectivity index (χ3v) is 6.03. The van der Waals surface area contributed by atoms with E-state index in [4.69, 9.17) is 4.74 Å². The number of hydrogen-bond acceptors (Lipinski definition) is 3. The van der Waals surface area contributed by atoms with Crippen molar-refractivity contribution in [3.8, 4) is 0 Å². The zero-order valence-electron chi connectivity index (χ0n) is 15.6. The van der Waals surface area contributed by atoms with E-state index in [1.54, 1.807) is 7.11 Å². The number of rotatable bonds is 5. The lowest BCUT2D eigenvalue weighted by molar-refractivity contribution is -0.125. The van der Waals surface area contributed by atoms with E-state index < -0.39 is 0 Å². The average molecular weight is 353 g/mol. The number of piperidine rings is 1. The van der Waals surface area contributed by atoms with E-state index in [-0.39, 0.29) is 11.3 Å². The molecule has 1 aromatic carbocycles. The number of benzene rings is 1. The van der Waals surface area contributed by atoms with Crippen molar-refractivity contribution in [2.24, 2.45) is 7.05 Å². The van der Waals surface area contributed by atoms with Crippen LogP contribution in [0.1, 0.15) is 24.1 Å². The van der Waals surface area contributed by atoms with Gasteiger partial charge in [0.1, 0.15) is 0 Å². The summed E-state index contributed by atoms with van der Waals surface area (Å²) in [6.45, 7) is 4.03. The van der Waals surface area contributed by atoms with Gasteiger partial charge in [-0.05, 0) is 49.7 Å². The zero-order chi connectivity index (χ0) is 18.1. The van der Waals surface area contributed by atoms with Crippen molar-refractivity contribution in [1.82, 2.24) is 9.47 Å². The SMILES string of the molecule is COCCN1C(=O)C2(CCN(Cc3cccn3C)CC2)c2ccccc21. The number of para-hydroxylation sites is 1. The van der Waals surface area contributed by atoms with Crippen LogP contribution < -0.4 is 4.90 Å². The second-order valence-corrected chi connectivity index (χ2v) is 7.44. The molecule has 0 aliphatic carbocycles. The Morgan fingerprint density at radius 1 is 1.12 bits per heavy atom. The minimum atomic E-state index is -0.352. The Hall–Kier alpha value is -2.11. The standard InChI is InChI=1S/C21H27N3O2/c1-22-11-5-6-17(22)16-23-12-9-21(10-13-23)18-7-3-4-8-19(18)24(20(21)25)14-15-26-2/h3-8,11H,9-10,12-16H2,1-2H3. The molecule has 0 bridgehead atoms. The Labute approximate surface area is 155 Å². The van der Waals surface area contributed by atoms with Crippen molar-refractivity contribution in [1.29, 1.82) is 0 Å². The summed E-state index contributed by atoms with van der Waals surface area (Å²) in [4.78, 5) is 17.8. The summed E-state index contributed by atoms with van der Waals surface area (Å²) >= 11 is 0. The van der Waals surface area contributed by atoms with Crippen LogP contribution in [0.2, 0.25) is 0 Å². The van der Waals surface area contributed by atoms with Gasteiger partial charge in [-0.3, -0.25) is 9.69 Å². The van der Waals surface area contributed by atoms with Gasteiger partial charge in [-0.2, -0.15) is 0 Å². The fraction of sp³-hybridized carbons (Fsp3) is 0.476. The average Bonchev–Trinajstić information content (AvgIpc) is 3.16. The van der Waals surface area contributed by atoms with Crippen LogP contribution >= 0.6 is 0 Å². The molecule has 138 valence electrons. The van der Waals surface area contributed by atoms with Crippen molar-refractivity contribution >= 4 is 11.6 Å². The molecule has 2 aliphatic heterocycles. The molecule has 5 heteroatoms. The lowest BCUT2D eigenvalue weighted by Gasteiger charge is -2.38. The molecule has 1 spiro atoms. The van der Waals surface area contributed by atoms with E-state index >= 15 is 0 Å². The Morgan fingerprint density at radius 3 is 2.58 bits per heavy atom. The summed E-state index contributed by atoms with van der Waals surface area (Å²) in [6, 6.07) is 12.6. The van der Waals surface area contributed by atoms with Crippen LogP contribution in [0.15, 0.2) is 42.6 Å². The molecule has 5 nitrogen and oxygen atoms in total. The summed E-state index contributed by atoms with van der Waals surface area (Å²) < 4.78 is 7.40. The van der Waals surface area contributed by atoms with E-state index in [9.17, 15) is 4.79 Å². The molecular formula is C21H27N3O2. The van der Waals surface area contributed by atoms with Crippen molar-refractivity contribution in [2.45, 2.75) is 24.8 Å². The molecule has 0 atom stereocenters. The van der Waals surface area contributed by atoms with E-state index in [0.717, 1.165) is 38.2 Å². The molecule has 4 rings (SSSR count). The quantitative estimate of drug-likeness (QED) is 0.829. The molecule has 1 fully saturated rings. The van der Waals surface area contributed by atoms with Gasteiger partial charge in [0.25, 0.3) is 0 Å². The molecule has 3 heterocycles. The van der Waals surface area contributed by atoms with Crippen LogP contribution in [0.5, 0.6) is 0 Å². The van der Waals surface area contributed by atoms with Gasteiger partial charge in [-0.25, -0.2) is 0 Å². The van der Waals surface area contributed by atoms with Gasteiger partial charge in [0, 0.05) is 44.8 Å². The number of carbonyl (C=O) groups is 1. The maximum atomic E-state index is 13.4. The van der Waals surface area contributed by atoms with Crippen molar-refractivity contribution < 1.29 is 9.53 Å². The van der Waals surface area contributed by atoms with Crippen molar-refractivity contribution in [3.63, 3.8) is 0 Å². The van der Waals surface area contributed by atoms with Gasteiger partial charge in [-0.15, -0.1) is 0 Å². The fourth-order valence-corrected chi connectivity index (χ4v) is 4.47. The predicted molar refractivity (Wildman–Crippen MR) is 102 cm³/mol. The number of ether oxygens (including phenoxy) is 1. The number of amides is 1. The third kappa shape index (κ3) is 2.75. The second kappa shape index (κ2) is 6.89. The number of likely N-dealkylation sites (tertiary alicyclic amines) is 1. The number of aryl methyl sites for hydroxylation is 1. The van der Waals surface area contributed by atoms with Crippen LogP contribution in [-0.2, 0) is 28.5 Å². The normalized spacial score (nSPS) is 19.3.